The highest BCUT2D eigenvalue weighted by atomic mass is 16.5. The second-order valence-electron chi connectivity index (χ2n) is 4.56. The summed E-state index contributed by atoms with van der Waals surface area (Å²) in [5, 5.41) is 9.15. The van der Waals surface area contributed by atoms with Crippen LogP contribution in [0.4, 0.5) is 0 Å². The topological polar surface area (TPSA) is 80.7 Å². The van der Waals surface area contributed by atoms with E-state index in [-0.39, 0.29) is 11.1 Å². The molecule has 0 saturated heterocycles. The van der Waals surface area contributed by atoms with Crippen molar-refractivity contribution in [3.8, 4) is 0 Å². The van der Waals surface area contributed by atoms with Gasteiger partial charge < -0.3 is 9.84 Å². The van der Waals surface area contributed by atoms with Crippen LogP contribution >= 0.6 is 0 Å². The number of hydrogen-bond acceptors (Lipinski definition) is 4. The lowest BCUT2D eigenvalue weighted by atomic mass is 9.95. The molecule has 0 aliphatic carbocycles. The molecule has 22 heavy (non-hydrogen) atoms. The number of carboxylic acids is 1. The van der Waals surface area contributed by atoms with Gasteiger partial charge in [-0.3, -0.25) is 9.59 Å². The van der Waals surface area contributed by atoms with Gasteiger partial charge in [-0.05, 0) is 6.07 Å². The minimum atomic E-state index is -1.37. The molecular formula is C17H14O5. The second kappa shape index (κ2) is 6.78. The fourth-order valence-electron chi connectivity index (χ4n) is 2.11. The van der Waals surface area contributed by atoms with Gasteiger partial charge in [0.1, 0.15) is 0 Å². The molecule has 5 heteroatoms. The fraction of sp³-hybridized carbons (Fsp3) is 0.118. The van der Waals surface area contributed by atoms with Crippen molar-refractivity contribution in [1.29, 1.82) is 0 Å². The summed E-state index contributed by atoms with van der Waals surface area (Å²) in [5.74, 6) is -2.41. The van der Waals surface area contributed by atoms with Crippen molar-refractivity contribution in [3.63, 3.8) is 0 Å². The molecule has 0 bridgehead atoms. The van der Waals surface area contributed by atoms with E-state index in [1.165, 1.54) is 25.3 Å². The van der Waals surface area contributed by atoms with Crippen molar-refractivity contribution in [2.24, 2.45) is 0 Å². The average molecular weight is 298 g/mol. The van der Waals surface area contributed by atoms with Gasteiger partial charge >= 0.3 is 5.97 Å². The van der Waals surface area contributed by atoms with Crippen LogP contribution in [0.25, 0.3) is 0 Å². The van der Waals surface area contributed by atoms with Crippen molar-refractivity contribution in [3.05, 3.63) is 71.3 Å². The van der Waals surface area contributed by atoms with E-state index in [2.05, 4.69) is 0 Å². The molecule has 2 aromatic rings. The quantitative estimate of drug-likeness (QED) is 0.654. The fourth-order valence-corrected chi connectivity index (χ4v) is 2.11. The first-order chi connectivity index (χ1) is 10.6. The molecule has 0 aromatic heterocycles. The Balaban J connectivity index is 2.38. The number of benzene rings is 2. The monoisotopic (exact) mass is 298 g/mol. The van der Waals surface area contributed by atoms with Gasteiger partial charge in [0, 0.05) is 18.2 Å². The number of carbonyl (C=O) groups is 3. The van der Waals surface area contributed by atoms with Gasteiger partial charge in [-0.15, -0.1) is 0 Å². The molecule has 0 fully saturated rings. The van der Waals surface area contributed by atoms with Gasteiger partial charge in [0.25, 0.3) is 0 Å². The Labute approximate surface area is 127 Å². The molecule has 0 amide bonds. The minimum absolute atomic E-state index is 0.0499. The van der Waals surface area contributed by atoms with E-state index < -0.39 is 23.6 Å². The number of carbonyl (C=O) groups excluding carboxylic acids is 2. The SMILES string of the molecule is COC(C(=O)c1ccccc1)C(=O)c1ccccc1C(=O)O. The molecule has 2 aromatic carbocycles. The molecule has 1 N–H and O–H groups in total. The average Bonchev–Trinajstić information content (AvgIpc) is 2.56. The molecule has 0 radical (unpaired) electrons. The zero-order chi connectivity index (χ0) is 16.1. The number of methoxy groups -OCH3 is 1. The Morgan fingerprint density at radius 1 is 0.864 bits per heavy atom. The number of rotatable bonds is 6. The van der Waals surface area contributed by atoms with Crippen LogP contribution in [0, 0.1) is 0 Å². The van der Waals surface area contributed by atoms with Gasteiger partial charge in [0.2, 0.25) is 0 Å². The normalized spacial score (nSPS) is 11.7. The molecule has 5 nitrogen and oxygen atoms in total. The number of ether oxygens (including phenoxy) is 1. The van der Waals surface area contributed by atoms with Crippen molar-refractivity contribution < 1.29 is 24.2 Å². The molecule has 0 saturated carbocycles. The van der Waals surface area contributed by atoms with Gasteiger partial charge in [-0.1, -0.05) is 48.5 Å². The van der Waals surface area contributed by atoms with Crippen LogP contribution in [0.5, 0.6) is 0 Å². The third-order valence-corrected chi connectivity index (χ3v) is 3.19. The maximum atomic E-state index is 12.5. The van der Waals surface area contributed by atoms with E-state index in [4.69, 9.17) is 9.84 Å². The molecule has 1 unspecified atom stereocenters. The summed E-state index contributed by atoms with van der Waals surface area (Å²) >= 11 is 0. The zero-order valence-electron chi connectivity index (χ0n) is 11.9. The molecule has 0 heterocycles. The van der Waals surface area contributed by atoms with E-state index in [1.807, 2.05) is 0 Å². The second-order valence-corrected chi connectivity index (χ2v) is 4.56. The van der Waals surface area contributed by atoms with Crippen molar-refractivity contribution in [2.45, 2.75) is 6.10 Å². The van der Waals surface area contributed by atoms with Crippen LogP contribution in [0.15, 0.2) is 54.6 Å². The summed E-state index contributed by atoms with van der Waals surface area (Å²) in [6, 6.07) is 14.0. The number of ketones is 2. The molecule has 2 rings (SSSR count). The van der Waals surface area contributed by atoms with E-state index >= 15 is 0 Å². The van der Waals surface area contributed by atoms with Crippen LogP contribution in [0.3, 0.4) is 0 Å². The lowest BCUT2D eigenvalue weighted by Crippen LogP contribution is -2.33. The molecule has 0 spiro atoms. The lowest BCUT2D eigenvalue weighted by molar-refractivity contribution is 0.0507. The predicted molar refractivity (Wildman–Crippen MR) is 79.3 cm³/mol. The van der Waals surface area contributed by atoms with Gasteiger partial charge in [0.15, 0.2) is 17.7 Å². The van der Waals surface area contributed by atoms with Crippen LogP contribution in [0.2, 0.25) is 0 Å². The van der Waals surface area contributed by atoms with Gasteiger partial charge in [-0.2, -0.15) is 0 Å². The summed E-state index contributed by atoms with van der Waals surface area (Å²) in [5.41, 5.74) is 0.122. The molecule has 1 atom stereocenters. The lowest BCUT2D eigenvalue weighted by Gasteiger charge is -2.14. The highest BCUT2D eigenvalue weighted by Gasteiger charge is 2.30. The molecular weight excluding hydrogens is 284 g/mol. The summed E-state index contributed by atoms with van der Waals surface area (Å²) < 4.78 is 5.03. The summed E-state index contributed by atoms with van der Waals surface area (Å²) in [6.45, 7) is 0. The first-order valence-electron chi connectivity index (χ1n) is 6.55. The number of Topliss-reactive ketones (excluding diaryl/α,β-unsaturated/α-hetero) is 2. The number of hydrogen-bond donors (Lipinski definition) is 1. The smallest absolute Gasteiger partial charge is 0.336 e. The highest BCUT2D eigenvalue weighted by molar-refractivity contribution is 6.20. The van der Waals surface area contributed by atoms with Crippen molar-refractivity contribution in [1.82, 2.24) is 0 Å². The van der Waals surface area contributed by atoms with E-state index in [9.17, 15) is 14.4 Å². The van der Waals surface area contributed by atoms with Crippen LogP contribution in [-0.2, 0) is 4.74 Å². The maximum Gasteiger partial charge on any atom is 0.336 e. The van der Waals surface area contributed by atoms with Crippen molar-refractivity contribution in [2.75, 3.05) is 7.11 Å². The Morgan fingerprint density at radius 2 is 1.41 bits per heavy atom. The summed E-state index contributed by atoms with van der Waals surface area (Å²) in [6.07, 6.45) is -1.37. The van der Waals surface area contributed by atoms with Crippen LogP contribution in [-0.4, -0.2) is 35.9 Å². The molecule has 0 aliphatic rings. The third kappa shape index (κ3) is 3.10. The number of aromatic carboxylic acids is 1. The third-order valence-electron chi connectivity index (χ3n) is 3.19. The first-order valence-corrected chi connectivity index (χ1v) is 6.55. The zero-order valence-corrected chi connectivity index (χ0v) is 11.9. The van der Waals surface area contributed by atoms with Crippen LogP contribution < -0.4 is 0 Å². The Kier molecular flexibility index (Phi) is 4.80. The van der Waals surface area contributed by atoms with E-state index in [1.54, 1.807) is 36.4 Å². The maximum absolute atomic E-state index is 12.5. The Bertz CT molecular complexity index is 706. The van der Waals surface area contributed by atoms with Gasteiger partial charge in [-0.25, -0.2) is 4.79 Å². The summed E-state index contributed by atoms with van der Waals surface area (Å²) in [4.78, 5) is 36.1. The first kappa shape index (κ1) is 15.6. The minimum Gasteiger partial charge on any atom is -0.478 e. The van der Waals surface area contributed by atoms with Gasteiger partial charge in [0.05, 0.1) is 5.56 Å². The molecule has 0 aliphatic heterocycles. The number of carboxylic acid groups (broad SMARTS) is 1. The van der Waals surface area contributed by atoms with E-state index in [0.717, 1.165) is 0 Å². The van der Waals surface area contributed by atoms with E-state index in [0.29, 0.717) is 5.56 Å². The predicted octanol–water partition coefficient (Wildman–Crippen LogP) is 2.47. The molecule has 112 valence electrons. The van der Waals surface area contributed by atoms with Crippen molar-refractivity contribution >= 4 is 17.5 Å². The Hall–Kier alpha value is -2.79. The largest absolute Gasteiger partial charge is 0.478 e. The summed E-state index contributed by atoms with van der Waals surface area (Å²) in [7, 11) is 1.24. The standard InChI is InChI=1S/C17H14O5/c1-22-16(14(18)11-7-3-2-4-8-11)15(19)12-9-5-6-10-13(12)17(20)21/h2-10,16H,1H3,(H,20,21). The van der Waals surface area contributed by atoms with Crippen LogP contribution in [0.1, 0.15) is 31.1 Å². The Morgan fingerprint density at radius 3 is 1.95 bits per heavy atom. The highest BCUT2D eigenvalue weighted by Crippen LogP contribution is 2.16.